The van der Waals surface area contributed by atoms with Crippen LogP contribution in [-0.4, -0.2) is 16.4 Å². The number of rotatable bonds is 2. The standard InChI is InChI=1S/C11H12N2O2/c1-4-11(2,3)13-10(15)8-7-12-6-5-9(8)14/h1,5-7H,2-3H3,(H,12,14)(H,13,15). The Morgan fingerprint density at radius 2 is 2.27 bits per heavy atom. The second kappa shape index (κ2) is 4.01. The first-order valence-corrected chi connectivity index (χ1v) is 4.43. The van der Waals surface area contributed by atoms with Gasteiger partial charge in [-0.05, 0) is 13.8 Å². The van der Waals surface area contributed by atoms with Crippen molar-refractivity contribution in [3.63, 3.8) is 0 Å². The fourth-order valence-electron chi connectivity index (χ4n) is 0.981. The number of amides is 1. The monoisotopic (exact) mass is 204 g/mol. The Bertz CT molecular complexity index is 466. The zero-order chi connectivity index (χ0) is 11.5. The number of carbonyl (C=O) groups is 1. The van der Waals surface area contributed by atoms with Crippen LogP contribution < -0.4 is 10.7 Å². The van der Waals surface area contributed by atoms with Gasteiger partial charge in [0.1, 0.15) is 5.56 Å². The first-order chi connectivity index (χ1) is 6.96. The molecule has 0 fully saturated rings. The van der Waals surface area contributed by atoms with Crippen molar-refractivity contribution in [3.05, 3.63) is 34.2 Å². The van der Waals surface area contributed by atoms with Crippen molar-refractivity contribution in [2.24, 2.45) is 0 Å². The van der Waals surface area contributed by atoms with E-state index in [1.165, 1.54) is 18.5 Å². The zero-order valence-corrected chi connectivity index (χ0v) is 8.63. The second-order valence-electron chi connectivity index (χ2n) is 3.65. The molecule has 1 heterocycles. The molecule has 0 atom stereocenters. The van der Waals surface area contributed by atoms with E-state index in [1.807, 2.05) is 0 Å². The first kappa shape index (κ1) is 11.1. The Hall–Kier alpha value is -2.02. The smallest absolute Gasteiger partial charge is 0.257 e. The Morgan fingerprint density at radius 1 is 1.60 bits per heavy atom. The van der Waals surface area contributed by atoms with E-state index in [1.54, 1.807) is 13.8 Å². The molecule has 0 aliphatic heterocycles. The van der Waals surface area contributed by atoms with Gasteiger partial charge in [0, 0.05) is 18.5 Å². The molecular formula is C11H12N2O2. The summed E-state index contributed by atoms with van der Waals surface area (Å²) in [4.78, 5) is 25.6. The van der Waals surface area contributed by atoms with Crippen LogP contribution in [0.3, 0.4) is 0 Å². The van der Waals surface area contributed by atoms with Gasteiger partial charge in [-0.1, -0.05) is 5.92 Å². The third-order valence-electron chi connectivity index (χ3n) is 1.86. The van der Waals surface area contributed by atoms with Gasteiger partial charge in [0.15, 0.2) is 5.43 Å². The molecule has 0 aliphatic rings. The maximum absolute atomic E-state index is 11.6. The molecule has 4 heteroatoms. The maximum atomic E-state index is 11.6. The fourth-order valence-corrected chi connectivity index (χ4v) is 0.981. The highest BCUT2D eigenvalue weighted by Gasteiger charge is 2.19. The molecule has 0 aromatic carbocycles. The summed E-state index contributed by atoms with van der Waals surface area (Å²) in [6.07, 6.45) is 8.04. The molecule has 1 aromatic heterocycles. The van der Waals surface area contributed by atoms with Crippen molar-refractivity contribution in [1.29, 1.82) is 0 Å². The lowest BCUT2D eigenvalue weighted by Gasteiger charge is -2.18. The van der Waals surface area contributed by atoms with E-state index < -0.39 is 11.4 Å². The molecule has 0 unspecified atom stereocenters. The summed E-state index contributed by atoms with van der Waals surface area (Å²) in [7, 11) is 0. The molecule has 0 saturated carbocycles. The minimum Gasteiger partial charge on any atom is -0.367 e. The maximum Gasteiger partial charge on any atom is 0.257 e. The largest absolute Gasteiger partial charge is 0.367 e. The van der Waals surface area contributed by atoms with Gasteiger partial charge in [0.05, 0.1) is 5.54 Å². The lowest BCUT2D eigenvalue weighted by molar-refractivity contribution is 0.0928. The fraction of sp³-hybridized carbons (Fsp3) is 0.273. The zero-order valence-electron chi connectivity index (χ0n) is 8.63. The Balaban J connectivity index is 2.94. The van der Waals surface area contributed by atoms with Crippen LogP contribution in [0.2, 0.25) is 0 Å². The van der Waals surface area contributed by atoms with Crippen LogP contribution in [0, 0.1) is 12.3 Å². The highest BCUT2D eigenvalue weighted by Crippen LogP contribution is 2.00. The van der Waals surface area contributed by atoms with Gasteiger partial charge < -0.3 is 10.3 Å². The number of pyridine rings is 1. The van der Waals surface area contributed by atoms with Gasteiger partial charge in [-0.2, -0.15) is 0 Å². The Labute approximate surface area is 87.7 Å². The molecule has 78 valence electrons. The van der Waals surface area contributed by atoms with Gasteiger partial charge in [0.2, 0.25) is 0 Å². The first-order valence-electron chi connectivity index (χ1n) is 4.43. The van der Waals surface area contributed by atoms with Crippen LogP contribution >= 0.6 is 0 Å². The van der Waals surface area contributed by atoms with E-state index in [9.17, 15) is 9.59 Å². The molecular weight excluding hydrogens is 192 g/mol. The molecule has 0 radical (unpaired) electrons. The third-order valence-corrected chi connectivity index (χ3v) is 1.86. The molecule has 1 aromatic rings. The van der Waals surface area contributed by atoms with Crippen molar-refractivity contribution >= 4 is 5.91 Å². The lowest BCUT2D eigenvalue weighted by atomic mass is 10.1. The van der Waals surface area contributed by atoms with E-state index in [0.717, 1.165) is 0 Å². The summed E-state index contributed by atoms with van der Waals surface area (Å²) in [5.74, 6) is 1.94. The molecule has 2 N–H and O–H groups in total. The Morgan fingerprint density at radius 3 is 2.80 bits per heavy atom. The molecule has 0 bridgehead atoms. The van der Waals surface area contributed by atoms with Gasteiger partial charge >= 0.3 is 0 Å². The van der Waals surface area contributed by atoms with Crippen molar-refractivity contribution in [3.8, 4) is 12.3 Å². The average molecular weight is 204 g/mol. The van der Waals surface area contributed by atoms with E-state index >= 15 is 0 Å². The van der Waals surface area contributed by atoms with Crippen molar-refractivity contribution in [2.75, 3.05) is 0 Å². The minimum absolute atomic E-state index is 0.0563. The normalized spacial score (nSPS) is 10.5. The van der Waals surface area contributed by atoms with Crippen LogP contribution in [0.5, 0.6) is 0 Å². The number of terminal acetylenes is 1. The topological polar surface area (TPSA) is 62.0 Å². The number of aromatic nitrogens is 1. The predicted molar refractivity (Wildman–Crippen MR) is 57.4 cm³/mol. The van der Waals surface area contributed by atoms with Crippen LogP contribution in [0.15, 0.2) is 23.3 Å². The summed E-state index contributed by atoms with van der Waals surface area (Å²) in [6.45, 7) is 3.37. The number of carbonyl (C=O) groups excluding carboxylic acids is 1. The van der Waals surface area contributed by atoms with Gasteiger partial charge in [0.25, 0.3) is 5.91 Å². The number of aromatic amines is 1. The number of hydrogen-bond donors (Lipinski definition) is 2. The lowest BCUT2D eigenvalue weighted by Crippen LogP contribution is -2.43. The van der Waals surface area contributed by atoms with Crippen molar-refractivity contribution in [2.45, 2.75) is 19.4 Å². The summed E-state index contributed by atoms with van der Waals surface area (Å²) < 4.78 is 0. The molecule has 4 nitrogen and oxygen atoms in total. The summed E-state index contributed by atoms with van der Waals surface area (Å²) in [5.41, 5.74) is -1.04. The molecule has 0 aliphatic carbocycles. The van der Waals surface area contributed by atoms with Gasteiger partial charge in [-0.25, -0.2) is 0 Å². The van der Waals surface area contributed by atoms with Crippen molar-refractivity contribution < 1.29 is 4.79 Å². The molecule has 0 spiro atoms. The van der Waals surface area contributed by atoms with E-state index in [2.05, 4.69) is 16.2 Å². The highest BCUT2D eigenvalue weighted by molar-refractivity contribution is 5.94. The van der Waals surface area contributed by atoms with E-state index in [4.69, 9.17) is 6.42 Å². The quantitative estimate of drug-likeness (QED) is 0.690. The van der Waals surface area contributed by atoms with Crippen LogP contribution in [0.25, 0.3) is 0 Å². The molecule has 1 rings (SSSR count). The van der Waals surface area contributed by atoms with Crippen LogP contribution in [0.4, 0.5) is 0 Å². The number of H-pyrrole nitrogens is 1. The SMILES string of the molecule is C#CC(C)(C)NC(=O)c1c[nH]ccc1=O. The average Bonchev–Trinajstić information content (AvgIpc) is 2.17. The van der Waals surface area contributed by atoms with Crippen LogP contribution in [0.1, 0.15) is 24.2 Å². The van der Waals surface area contributed by atoms with E-state index in [-0.39, 0.29) is 11.0 Å². The molecule has 15 heavy (non-hydrogen) atoms. The summed E-state index contributed by atoms with van der Waals surface area (Å²) in [6, 6.07) is 1.29. The second-order valence-corrected chi connectivity index (χ2v) is 3.65. The third kappa shape index (κ3) is 2.71. The number of hydrogen-bond acceptors (Lipinski definition) is 2. The van der Waals surface area contributed by atoms with Crippen LogP contribution in [-0.2, 0) is 0 Å². The Kier molecular flexibility index (Phi) is 2.96. The molecule has 0 saturated heterocycles. The summed E-state index contributed by atoms with van der Waals surface area (Å²) in [5, 5.41) is 2.57. The predicted octanol–water partition coefficient (Wildman–Crippen LogP) is 0.517. The van der Waals surface area contributed by atoms with Gasteiger partial charge in [-0.15, -0.1) is 6.42 Å². The van der Waals surface area contributed by atoms with E-state index in [0.29, 0.717) is 0 Å². The molecule has 1 amide bonds. The highest BCUT2D eigenvalue weighted by atomic mass is 16.2. The summed E-state index contributed by atoms with van der Waals surface area (Å²) >= 11 is 0. The van der Waals surface area contributed by atoms with Gasteiger partial charge in [-0.3, -0.25) is 9.59 Å². The number of nitrogens with one attached hydrogen (secondary N) is 2. The minimum atomic E-state index is -0.765. The van der Waals surface area contributed by atoms with Crippen molar-refractivity contribution in [1.82, 2.24) is 10.3 Å².